The molecule has 11 heteroatoms. The smallest absolute Gasteiger partial charge is 0.346 e. The second kappa shape index (κ2) is 21.8. The third-order valence-electron chi connectivity index (χ3n) is 6.10. The molecule has 0 saturated carbocycles. The number of unbranched alkanes of at least 4 members (excludes halogenated alkanes) is 6. The van der Waals surface area contributed by atoms with Crippen molar-refractivity contribution in [3.05, 3.63) is 0 Å². The number of carbonyl (C=O) groups excluding carboxylic acids is 3. The molecule has 0 aromatic heterocycles. The maximum atomic E-state index is 13.4. The molecule has 6 nitrogen and oxygen atoms in total. The normalized spacial score (nSPS) is 12.3. The molecule has 0 radical (unpaired) electrons. The Labute approximate surface area is 257 Å². The van der Waals surface area contributed by atoms with E-state index < -0.39 is 26.3 Å². The van der Waals surface area contributed by atoms with Crippen molar-refractivity contribution >= 4 is 69.2 Å². The summed E-state index contributed by atoms with van der Waals surface area (Å²) < 4.78 is 11.2. The largest absolute Gasteiger partial charge is 0.464 e. The second-order valence-electron chi connectivity index (χ2n) is 11.4. The lowest BCUT2D eigenvalue weighted by Gasteiger charge is -2.28. The van der Waals surface area contributed by atoms with Gasteiger partial charge >= 0.3 is 22.7 Å². The number of esters is 3. The van der Waals surface area contributed by atoms with Crippen LogP contribution in [0.25, 0.3) is 0 Å². The van der Waals surface area contributed by atoms with Gasteiger partial charge in [-0.2, -0.15) is 0 Å². The summed E-state index contributed by atoms with van der Waals surface area (Å²) in [6, 6.07) is 0. The van der Waals surface area contributed by atoms with Crippen molar-refractivity contribution in [1.29, 1.82) is 0 Å². The van der Waals surface area contributed by atoms with E-state index in [0.29, 0.717) is 48.4 Å². The van der Waals surface area contributed by atoms with Gasteiger partial charge in [0.1, 0.15) is 3.64 Å². The van der Waals surface area contributed by atoms with Crippen LogP contribution < -0.4 is 0 Å². The van der Waals surface area contributed by atoms with Crippen LogP contribution in [0.3, 0.4) is 0 Å². The molecule has 0 rings (SSSR count). The van der Waals surface area contributed by atoms with Crippen LogP contribution in [0, 0.1) is 17.8 Å². The van der Waals surface area contributed by atoms with Crippen molar-refractivity contribution in [3.8, 4) is 0 Å². The number of thiol groups is 2. The Hall–Kier alpha value is 0.110. The minimum absolute atomic E-state index is 0.0895. The van der Waals surface area contributed by atoms with Gasteiger partial charge in [-0.15, -0.1) is 24.5 Å². The Bertz CT molecular complexity index is 676. The summed E-state index contributed by atoms with van der Waals surface area (Å²) in [6.45, 7) is 13.2. The maximum absolute atomic E-state index is 13.4. The summed E-state index contributed by atoms with van der Waals surface area (Å²) in [7, 11) is 0. The van der Waals surface area contributed by atoms with Crippen LogP contribution in [0.15, 0.2) is 0 Å². The van der Waals surface area contributed by atoms with Gasteiger partial charge in [0.25, 0.3) is 0 Å². The Kier molecular flexibility index (Phi) is 21.8. The zero-order valence-electron chi connectivity index (χ0n) is 24.9. The molecule has 0 amide bonds. The minimum Gasteiger partial charge on any atom is -0.464 e. The van der Waals surface area contributed by atoms with E-state index in [4.69, 9.17) is 26.0 Å². The molecule has 0 unspecified atom stereocenters. The van der Waals surface area contributed by atoms with Gasteiger partial charge in [0, 0.05) is 0 Å². The van der Waals surface area contributed by atoms with Gasteiger partial charge in [-0.05, 0) is 37.0 Å². The number of carbonyl (C=O) groups is 3. The highest BCUT2D eigenvalue weighted by molar-refractivity contribution is 9.17. The van der Waals surface area contributed by atoms with Crippen LogP contribution >= 0.6 is 39.5 Å². The van der Waals surface area contributed by atoms with Gasteiger partial charge in [-0.3, -0.25) is 0 Å². The lowest BCUT2D eigenvalue weighted by atomic mass is 10.1. The first-order valence-electron chi connectivity index (χ1n) is 14.5. The Morgan fingerprint density at radius 3 is 1.13 bits per heavy atom. The third-order valence-corrected chi connectivity index (χ3v) is 10.8. The van der Waals surface area contributed by atoms with Gasteiger partial charge in [-0.1, -0.05) is 123 Å². The second-order valence-corrected chi connectivity index (χ2v) is 25.5. The molecular weight excluding hydrogens is 592 g/mol. The highest BCUT2D eigenvalue weighted by Crippen LogP contribution is 2.71. The topological polar surface area (TPSA) is 78.9 Å². The number of hydrogen-bond donors (Lipinski definition) is 2. The van der Waals surface area contributed by atoms with Crippen molar-refractivity contribution < 1.29 is 28.6 Å². The molecule has 0 aliphatic heterocycles. The molecule has 0 heterocycles. The van der Waals surface area contributed by atoms with E-state index in [-0.39, 0.29) is 19.8 Å². The molecule has 0 spiro atoms. The highest BCUT2D eigenvalue weighted by atomic mass is 33.5. The van der Waals surface area contributed by atoms with E-state index in [1.807, 2.05) is 0 Å². The molecular formula is C28H53O6PS4. The van der Waals surface area contributed by atoms with E-state index in [1.165, 1.54) is 0 Å². The summed E-state index contributed by atoms with van der Waals surface area (Å²) in [5, 5.41) is 0. The van der Waals surface area contributed by atoms with E-state index in [9.17, 15) is 14.4 Å². The Morgan fingerprint density at radius 2 is 0.897 bits per heavy atom. The van der Waals surface area contributed by atoms with Crippen molar-refractivity contribution in [2.75, 3.05) is 19.8 Å². The first-order valence-corrected chi connectivity index (χ1v) is 21.0. The molecule has 0 aromatic rings. The van der Waals surface area contributed by atoms with Crippen molar-refractivity contribution in [2.24, 2.45) is 17.8 Å². The van der Waals surface area contributed by atoms with E-state index in [1.54, 1.807) is 0 Å². The molecule has 0 bridgehead atoms. The first-order chi connectivity index (χ1) is 18.2. The van der Waals surface area contributed by atoms with Crippen molar-refractivity contribution in [1.82, 2.24) is 0 Å². The van der Waals surface area contributed by atoms with Gasteiger partial charge in [0.2, 0.25) is 0 Å². The van der Waals surface area contributed by atoms with E-state index in [2.05, 4.69) is 66.0 Å². The van der Waals surface area contributed by atoms with Crippen LogP contribution in [0.1, 0.15) is 119 Å². The predicted molar refractivity (Wildman–Crippen MR) is 175 cm³/mol. The highest BCUT2D eigenvalue weighted by Gasteiger charge is 2.60. The maximum Gasteiger partial charge on any atom is 0.346 e. The van der Waals surface area contributed by atoms with Crippen LogP contribution in [0.5, 0.6) is 0 Å². The fourth-order valence-electron chi connectivity index (χ4n) is 3.83. The quantitative estimate of drug-likeness (QED) is 0.0285. The summed E-state index contributed by atoms with van der Waals surface area (Å²) in [5.74, 6) is -1.22. The van der Waals surface area contributed by atoms with Crippen molar-refractivity contribution in [3.63, 3.8) is 0 Å². The Balaban J connectivity index is 5.50. The van der Waals surface area contributed by atoms with Gasteiger partial charge < -0.3 is 14.2 Å². The van der Waals surface area contributed by atoms with Crippen LogP contribution in [-0.4, -0.2) is 42.5 Å². The molecule has 0 aliphatic rings. The third kappa shape index (κ3) is 19.0. The number of ether oxygens (including phenoxy) is 3. The standard InChI is InChI=1S/C28H53O6PS4/c1-22(2)16-10-7-13-19-32-25(29)28(39-35(36,37)38,26(30)33-20-14-8-11-17-23(3)4)27(31)34-21-15-9-12-18-24(5)6/h22-24H,7-21H2,1-6H3,(H2,36,37,38). The SMILES string of the molecule is CC(C)CCCCCOC(=O)C(SP(=S)(S)S)(C(=O)OCCCCCC(C)C)C(=O)OCCCCCC(C)C. The average Bonchev–Trinajstić information content (AvgIpc) is 2.82. The molecule has 0 fully saturated rings. The number of rotatable bonds is 23. The van der Waals surface area contributed by atoms with Gasteiger partial charge in [0.05, 0.1) is 19.8 Å². The van der Waals surface area contributed by atoms with Crippen LogP contribution in [0.4, 0.5) is 0 Å². The fraction of sp³-hybridized carbons (Fsp3) is 0.893. The zero-order chi connectivity index (χ0) is 29.9. The Morgan fingerprint density at radius 1 is 0.615 bits per heavy atom. The molecule has 0 aromatic carbocycles. The predicted octanol–water partition coefficient (Wildman–Crippen LogP) is 8.82. The van der Waals surface area contributed by atoms with Crippen LogP contribution in [-0.2, 0) is 40.4 Å². The fourth-order valence-corrected chi connectivity index (χ4v) is 9.54. The zero-order valence-corrected chi connectivity index (χ0v) is 29.3. The monoisotopic (exact) mass is 644 g/mol. The summed E-state index contributed by atoms with van der Waals surface area (Å²) in [6.07, 6.45) is 10.8. The molecule has 0 N–H and O–H groups in total. The van der Waals surface area contributed by atoms with E-state index in [0.717, 1.165) is 57.8 Å². The van der Waals surface area contributed by atoms with Crippen LogP contribution in [0.2, 0.25) is 0 Å². The molecule has 230 valence electrons. The lowest BCUT2D eigenvalue weighted by molar-refractivity contribution is -0.169. The molecule has 0 aliphatic carbocycles. The molecule has 39 heavy (non-hydrogen) atoms. The average molecular weight is 645 g/mol. The van der Waals surface area contributed by atoms with Gasteiger partial charge in [-0.25, -0.2) is 14.4 Å². The molecule has 0 atom stereocenters. The van der Waals surface area contributed by atoms with Gasteiger partial charge in [0.15, 0.2) is 0 Å². The first kappa shape index (κ1) is 39.1. The molecule has 0 saturated heterocycles. The van der Waals surface area contributed by atoms with E-state index >= 15 is 0 Å². The minimum atomic E-state index is -2.89. The summed E-state index contributed by atoms with van der Waals surface area (Å²) in [5.41, 5.74) is 0. The summed E-state index contributed by atoms with van der Waals surface area (Å²) >= 11 is 14.6. The van der Waals surface area contributed by atoms with Crippen molar-refractivity contribution in [2.45, 2.75) is 123 Å². The number of hydrogen-bond acceptors (Lipinski definition) is 8. The lowest BCUT2D eigenvalue weighted by Crippen LogP contribution is -2.53. The summed E-state index contributed by atoms with van der Waals surface area (Å²) in [4.78, 5) is 40.3.